The Labute approximate surface area is 168 Å². The van der Waals surface area contributed by atoms with Crippen molar-refractivity contribution in [1.82, 2.24) is 15.1 Å². The molecule has 2 heterocycles. The minimum absolute atomic E-state index is 0.109. The predicted octanol–water partition coefficient (Wildman–Crippen LogP) is 2.59. The molecule has 2 amide bonds. The smallest absolute Gasteiger partial charge is 0.276 e. The van der Waals surface area contributed by atoms with Gasteiger partial charge < -0.3 is 11.1 Å². The van der Waals surface area contributed by atoms with Crippen LogP contribution in [0.5, 0.6) is 0 Å². The van der Waals surface area contributed by atoms with Crippen molar-refractivity contribution in [3.8, 4) is 0 Å². The van der Waals surface area contributed by atoms with Gasteiger partial charge in [0.2, 0.25) is 0 Å². The molecule has 0 spiro atoms. The molecule has 0 radical (unpaired) electrons. The quantitative estimate of drug-likeness (QED) is 0.617. The molecular weight excluding hydrogens is 438 g/mol. The van der Waals surface area contributed by atoms with Crippen LogP contribution in [0, 0.1) is 5.92 Å². The lowest BCUT2D eigenvalue weighted by molar-refractivity contribution is 0.0966. The van der Waals surface area contributed by atoms with E-state index in [-0.39, 0.29) is 5.11 Å². The highest BCUT2D eigenvalue weighted by Crippen LogP contribution is 2.39. The lowest BCUT2D eigenvalue weighted by atomic mass is 9.88. The fourth-order valence-electron chi connectivity index (χ4n) is 3.06. The molecule has 138 valence electrons. The zero-order valence-corrected chi connectivity index (χ0v) is 17.5. The van der Waals surface area contributed by atoms with E-state index in [1.54, 1.807) is 7.05 Å². The summed E-state index contributed by atoms with van der Waals surface area (Å²) >= 11 is 10.0. The zero-order chi connectivity index (χ0) is 19.0. The number of carbonyl (C=O) groups excluding carboxylic acids is 2. The number of thiophene rings is 1. The maximum absolute atomic E-state index is 12.4. The monoisotopic (exact) mass is 455 g/mol. The second kappa shape index (κ2) is 7.45. The topological polar surface area (TPSA) is 102 Å². The van der Waals surface area contributed by atoms with Crippen LogP contribution < -0.4 is 16.4 Å². The molecule has 0 aromatic carbocycles. The minimum atomic E-state index is -0.483. The molecule has 1 aliphatic rings. The second-order valence-corrected chi connectivity index (χ2v) is 8.66. The summed E-state index contributed by atoms with van der Waals surface area (Å²) in [5.74, 6) is -0.309. The number of primary amides is 1. The third kappa shape index (κ3) is 3.67. The van der Waals surface area contributed by atoms with Crippen molar-refractivity contribution in [2.75, 3.05) is 5.32 Å². The average Bonchev–Trinajstić information content (AvgIpc) is 3.06. The van der Waals surface area contributed by atoms with Gasteiger partial charge in [0.05, 0.1) is 16.2 Å². The standard InChI is InChI=1S/C16H18BrN5O2S2/c1-7-3-4-8-10(5-7)26-15(11(8)13(18)23)21-16(25)20-14(24)12-9(17)6-19-22(12)2/h6-7H,3-5H2,1-2H3,(H2,18,23)(H2,20,21,24,25)/t7-/m0/s1. The number of hydrogen-bond acceptors (Lipinski definition) is 5. The van der Waals surface area contributed by atoms with E-state index in [1.165, 1.54) is 22.2 Å². The summed E-state index contributed by atoms with van der Waals surface area (Å²) in [5, 5.41) is 10.3. The number of thiocarbonyl (C=S) groups is 1. The fourth-order valence-corrected chi connectivity index (χ4v) is 5.27. The number of aromatic nitrogens is 2. The second-order valence-electron chi connectivity index (χ2n) is 6.29. The summed E-state index contributed by atoms with van der Waals surface area (Å²) in [6.07, 6.45) is 4.31. The van der Waals surface area contributed by atoms with Gasteiger partial charge in [-0.25, -0.2) is 0 Å². The van der Waals surface area contributed by atoms with E-state index in [4.69, 9.17) is 18.0 Å². The van der Waals surface area contributed by atoms with Crippen LogP contribution in [0.1, 0.15) is 44.6 Å². The Morgan fingerprint density at radius 2 is 2.23 bits per heavy atom. The number of amides is 2. The number of rotatable bonds is 3. The van der Waals surface area contributed by atoms with Crippen molar-refractivity contribution in [2.24, 2.45) is 18.7 Å². The highest BCUT2D eigenvalue weighted by molar-refractivity contribution is 9.10. The molecule has 0 saturated carbocycles. The molecule has 1 aliphatic carbocycles. The van der Waals surface area contributed by atoms with Gasteiger partial charge >= 0.3 is 0 Å². The summed E-state index contributed by atoms with van der Waals surface area (Å²) in [4.78, 5) is 25.5. The largest absolute Gasteiger partial charge is 0.365 e. The molecule has 4 N–H and O–H groups in total. The molecule has 2 aromatic heterocycles. The number of anilines is 1. The normalized spacial score (nSPS) is 16.0. The van der Waals surface area contributed by atoms with Gasteiger partial charge in [0.25, 0.3) is 11.8 Å². The summed E-state index contributed by atoms with van der Waals surface area (Å²) in [5.41, 5.74) is 7.43. The molecule has 0 aliphatic heterocycles. The third-order valence-corrected chi connectivity index (χ3v) is 6.28. The molecular formula is C16H18BrN5O2S2. The van der Waals surface area contributed by atoms with E-state index in [1.807, 2.05) is 0 Å². The van der Waals surface area contributed by atoms with Gasteiger partial charge in [0.15, 0.2) is 5.11 Å². The zero-order valence-electron chi connectivity index (χ0n) is 14.3. The van der Waals surface area contributed by atoms with Crippen molar-refractivity contribution >= 4 is 61.4 Å². The molecule has 1 atom stereocenters. The molecule has 7 nitrogen and oxygen atoms in total. The van der Waals surface area contributed by atoms with Crippen LogP contribution in [0.4, 0.5) is 5.00 Å². The van der Waals surface area contributed by atoms with Crippen molar-refractivity contribution in [2.45, 2.75) is 26.2 Å². The Kier molecular flexibility index (Phi) is 5.44. The molecule has 10 heteroatoms. The van der Waals surface area contributed by atoms with Crippen LogP contribution in [0.25, 0.3) is 0 Å². The third-order valence-electron chi connectivity index (χ3n) is 4.32. The molecule has 2 aromatic rings. The van der Waals surface area contributed by atoms with Crippen LogP contribution >= 0.6 is 39.5 Å². The van der Waals surface area contributed by atoms with E-state index < -0.39 is 11.8 Å². The first-order chi connectivity index (χ1) is 12.3. The van der Waals surface area contributed by atoms with Crippen LogP contribution in [0.3, 0.4) is 0 Å². The lowest BCUT2D eigenvalue weighted by Gasteiger charge is -2.18. The van der Waals surface area contributed by atoms with Crippen molar-refractivity contribution in [1.29, 1.82) is 0 Å². The van der Waals surface area contributed by atoms with Crippen LogP contribution in [0.15, 0.2) is 10.7 Å². The average molecular weight is 456 g/mol. The van der Waals surface area contributed by atoms with Gasteiger partial charge in [-0.1, -0.05) is 6.92 Å². The molecule has 0 unspecified atom stereocenters. The van der Waals surface area contributed by atoms with Crippen molar-refractivity contribution in [3.63, 3.8) is 0 Å². The van der Waals surface area contributed by atoms with Crippen LogP contribution in [0.2, 0.25) is 0 Å². The Bertz CT molecular complexity index is 885. The van der Waals surface area contributed by atoms with E-state index in [9.17, 15) is 9.59 Å². The van der Waals surface area contributed by atoms with Gasteiger partial charge in [-0.3, -0.25) is 19.6 Å². The van der Waals surface area contributed by atoms with E-state index in [0.29, 0.717) is 26.6 Å². The number of fused-ring (bicyclic) bond motifs is 1. The summed E-state index contributed by atoms with van der Waals surface area (Å²) in [7, 11) is 1.66. The first-order valence-electron chi connectivity index (χ1n) is 8.02. The number of nitrogens with one attached hydrogen (secondary N) is 2. The maximum Gasteiger partial charge on any atom is 0.276 e. The molecule has 3 rings (SSSR count). The number of carbonyl (C=O) groups is 2. The van der Waals surface area contributed by atoms with Gasteiger partial charge in [-0.15, -0.1) is 11.3 Å². The number of halogens is 1. The predicted molar refractivity (Wildman–Crippen MR) is 109 cm³/mol. The molecule has 26 heavy (non-hydrogen) atoms. The van der Waals surface area contributed by atoms with E-state index in [0.717, 1.165) is 29.7 Å². The first kappa shape index (κ1) is 19.0. The molecule has 0 saturated heterocycles. The summed E-state index contributed by atoms with van der Waals surface area (Å²) in [6.45, 7) is 2.19. The van der Waals surface area contributed by atoms with Crippen LogP contribution in [-0.2, 0) is 19.9 Å². The highest BCUT2D eigenvalue weighted by Gasteiger charge is 2.27. The minimum Gasteiger partial charge on any atom is -0.365 e. The Morgan fingerprint density at radius 1 is 1.50 bits per heavy atom. The number of nitrogens with zero attached hydrogens (tertiary/aromatic N) is 2. The Hall–Kier alpha value is -1.78. The SMILES string of the molecule is C[C@H]1CCc2c(sc(NC(=S)NC(=O)c3c(Br)cnn3C)c2C(N)=O)C1. The summed E-state index contributed by atoms with van der Waals surface area (Å²) < 4.78 is 2.01. The fraction of sp³-hybridized carbons (Fsp3) is 0.375. The Balaban J connectivity index is 1.79. The van der Waals surface area contributed by atoms with Crippen molar-refractivity contribution in [3.05, 3.63) is 32.4 Å². The van der Waals surface area contributed by atoms with Gasteiger partial charge in [-0.2, -0.15) is 5.10 Å². The first-order valence-corrected chi connectivity index (χ1v) is 10.0. The highest BCUT2D eigenvalue weighted by atomic mass is 79.9. The van der Waals surface area contributed by atoms with E-state index >= 15 is 0 Å². The maximum atomic E-state index is 12.4. The van der Waals surface area contributed by atoms with Crippen LogP contribution in [-0.4, -0.2) is 26.7 Å². The van der Waals surface area contributed by atoms with Gasteiger partial charge in [0, 0.05) is 11.9 Å². The summed E-state index contributed by atoms with van der Waals surface area (Å²) in [6, 6.07) is 0. The van der Waals surface area contributed by atoms with E-state index in [2.05, 4.69) is 38.6 Å². The van der Waals surface area contributed by atoms with Crippen molar-refractivity contribution < 1.29 is 9.59 Å². The Morgan fingerprint density at radius 3 is 2.85 bits per heavy atom. The van der Waals surface area contributed by atoms with Gasteiger partial charge in [-0.05, 0) is 58.9 Å². The van der Waals surface area contributed by atoms with Gasteiger partial charge in [0.1, 0.15) is 10.7 Å². The molecule has 0 bridgehead atoms. The lowest BCUT2D eigenvalue weighted by Crippen LogP contribution is -2.35. The number of hydrogen-bond donors (Lipinski definition) is 3. The molecule has 0 fully saturated rings. The number of aryl methyl sites for hydroxylation is 1. The number of nitrogens with two attached hydrogens (primary N) is 1.